The topological polar surface area (TPSA) is 51.7 Å². The van der Waals surface area contributed by atoms with Crippen molar-refractivity contribution < 1.29 is 14.3 Å². The average molecular weight is 410 g/mol. The van der Waals surface area contributed by atoms with E-state index in [4.69, 9.17) is 14.5 Å². The molecular formula is C26H22N2O3. The summed E-state index contributed by atoms with van der Waals surface area (Å²) in [6, 6.07) is 27.0. The average Bonchev–Trinajstić information content (AvgIpc) is 3.07. The summed E-state index contributed by atoms with van der Waals surface area (Å²) in [6.07, 6.45) is 0.821. The predicted molar refractivity (Wildman–Crippen MR) is 121 cm³/mol. The number of nitrogens with zero attached hydrogens (tertiary/aromatic N) is 2. The van der Waals surface area contributed by atoms with E-state index in [0.29, 0.717) is 36.8 Å². The molecule has 4 aromatic rings. The second-order valence-corrected chi connectivity index (χ2v) is 7.43. The van der Waals surface area contributed by atoms with Gasteiger partial charge in [-0.15, -0.1) is 0 Å². The molecule has 31 heavy (non-hydrogen) atoms. The zero-order valence-corrected chi connectivity index (χ0v) is 17.0. The van der Waals surface area contributed by atoms with Crippen molar-refractivity contribution in [2.24, 2.45) is 0 Å². The van der Waals surface area contributed by atoms with Crippen molar-refractivity contribution in [1.82, 2.24) is 4.98 Å². The van der Waals surface area contributed by atoms with Gasteiger partial charge in [0, 0.05) is 23.1 Å². The SMILES string of the molecule is O=C(c1ccc2c(c1)OCCCO2)N(Cc1ccc2ccccc2n1)c1ccccc1. The molecule has 1 aliphatic heterocycles. The van der Waals surface area contributed by atoms with Crippen molar-refractivity contribution in [3.05, 3.63) is 96.2 Å². The fraction of sp³-hybridized carbons (Fsp3) is 0.154. The highest BCUT2D eigenvalue weighted by atomic mass is 16.5. The van der Waals surface area contributed by atoms with Crippen molar-refractivity contribution in [3.63, 3.8) is 0 Å². The molecule has 1 aromatic heterocycles. The third-order valence-electron chi connectivity index (χ3n) is 5.28. The summed E-state index contributed by atoms with van der Waals surface area (Å²) in [5, 5.41) is 1.08. The van der Waals surface area contributed by atoms with E-state index in [9.17, 15) is 4.79 Å². The molecule has 0 bridgehead atoms. The van der Waals surface area contributed by atoms with Crippen molar-refractivity contribution in [2.75, 3.05) is 18.1 Å². The highest BCUT2D eigenvalue weighted by molar-refractivity contribution is 6.06. The first kappa shape index (κ1) is 19.1. The van der Waals surface area contributed by atoms with Gasteiger partial charge in [-0.2, -0.15) is 0 Å². The minimum Gasteiger partial charge on any atom is -0.490 e. The fourth-order valence-corrected chi connectivity index (χ4v) is 3.70. The van der Waals surface area contributed by atoms with E-state index in [1.54, 1.807) is 17.0 Å². The van der Waals surface area contributed by atoms with Gasteiger partial charge in [-0.1, -0.05) is 42.5 Å². The molecule has 1 aliphatic rings. The van der Waals surface area contributed by atoms with Gasteiger partial charge in [-0.05, 0) is 42.5 Å². The Morgan fingerprint density at radius 1 is 0.839 bits per heavy atom. The second-order valence-electron chi connectivity index (χ2n) is 7.43. The van der Waals surface area contributed by atoms with Gasteiger partial charge in [-0.25, -0.2) is 0 Å². The van der Waals surface area contributed by atoms with E-state index in [2.05, 4.69) is 0 Å². The van der Waals surface area contributed by atoms with E-state index < -0.39 is 0 Å². The molecular weight excluding hydrogens is 388 g/mol. The molecule has 0 fully saturated rings. The summed E-state index contributed by atoms with van der Waals surface area (Å²) in [5.41, 5.74) is 3.10. The molecule has 5 rings (SSSR count). The number of para-hydroxylation sites is 2. The zero-order chi connectivity index (χ0) is 21.0. The number of benzene rings is 3. The number of amides is 1. The Labute approximate surface area is 180 Å². The lowest BCUT2D eigenvalue weighted by Gasteiger charge is -2.23. The number of hydrogen-bond acceptors (Lipinski definition) is 4. The Kier molecular flexibility index (Phi) is 5.23. The largest absolute Gasteiger partial charge is 0.490 e. The minimum absolute atomic E-state index is 0.114. The Morgan fingerprint density at radius 3 is 2.48 bits per heavy atom. The van der Waals surface area contributed by atoms with Gasteiger partial charge in [0.1, 0.15) is 0 Å². The molecule has 0 atom stereocenters. The van der Waals surface area contributed by atoms with Crippen LogP contribution in [0.25, 0.3) is 10.9 Å². The quantitative estimate of drug-likeness (QED) is 0.462. The lowest BCUT2D eigenvalue weighted by molar-refractivity contribution is 0.0984. The van der Waals surface area contributed by atoms with E-state index in [0.717, 1.165) is 28.7 Å². The monoisotopic (exact) mass is 410 g/mol. The second kappa shape index (κ2) is 8.48. The Hall–Kier alpha value is -3.86. The maximum atomic E-state index is 13.6. The molecule has 3 aromatic carbocycles. The van der Waals surface area contributed by atoms with Crippen LogP contribution < -0.4 is 14.4 Å². The van der Waals surface area contributed by atoms with Gasteiger partial charge in [0.2, 0.25) is 0 Å². The first-order valence-corrected chi connectivity index (χ1v) is 10.4. The number of rotatable bonds is 4. The normalized spacial score (nSPS) is 12.9. The van der Waals surface area contributed by atoms with Gasteiger partial charge in [0.25, 0.3) is 5.91 Å². The van der Waals surface area contributed by atoms with Crippen LogP contribution in [0.4, 0.5) is 5.69 Å². The Morgan fingerprint density at radius 2 is 1.61 bits per heavy atom. The van der Waals surface area contributed by atoms with Crippen LogP contribution >= 0.6 is 0 Å². The molecule has 0 radical (unpaired) electrons. The van der Waals surface area contributed by atoms with Gasteiger partial charge in [0.15, 0.2) is 11.5 Å². The molecule has 5 heteroatoms. The van der Waals surface area contributed by atoms with Gasteiger partial charge in [0.05, 0.1) is 31.0 Å². The summed E-state index contributed by atoms with van der Waals surface area (Å²) >= 11 is 0. The van der Waals surface area contributed by atoms with Crippen molar-refractivity contribution in [2.45, 2.75) is 13.0 Å². The van der Waals surface area contributed by atoms with Crippen LogP contribution in [0, 0.1) is 0 Å². The smallest absolute Gasteiger partial charge is 0.258 e. The molecule has 0 saturated carbocycles. The van der Waals surface area contributed by atoms with Crippen LogP contribution in [0.3, 0.4) is 0 Å². The van der Waals surface area contributed by atoms with Gasteiger partial charge >= 0.3 is 0 Å². The lowest BCUT2D eigenvalue weighted by Crippen LogP contribution is -2.30. The first-order valence-electron chi connectivity index (χ1n) is 10.4. The number of carbonyl (C=O) groups excluding carboxylic acids is 1. The highest BCUT2D eigenvalue weighted by Crippen LogP contribution is 2.31. The van der Waals surface area contributed by atoms with Crippen molar-refractivity contribution >= 4 is 22.5 Å². The van der Waals surface area contributed by atoms with Gasteiger partial charge in [-0.3, -0.25) is 9.78 Å². The van der Waals surface area contributed by atoms with Crippen LogP contribution in [-0.4, -0.2) is 24.1 Å². The van der Waals surface area contributed by atoms with E-state index in [1.165, 1.54) is 0 Å². The maximum absolute atomic E-state index is 13.6. The maximum Gasteiger partial charge on any atom is 0.258 e. The van der Waals surface area contributed by atoms with Crippen LogP contribution in [0.1, 0.15) is 22.5 Å². The van der Waals surface area contributed by atoms with Crippen LogP contribution in [-0.2, 0) is 6.54 Å². The Bertz CT molecular complexity index is 1220. The lowest BCUT2D eigenvalue weighted by atomic mass is 10.1. The van der Waals surface area contributed by atoms with Crippen molar-refractivity contribution in [3.8, 4) is 11.5 Å². The number of pyridine rings is 1. The molecule has 154 valence electrons. The highest BCUT2D eigenvalue weighted by Gasteiger charge is 2.21. The Balaban J connectivity index is 1.50. The molecule has 0 N–H and O–H groups in total. The van der Waals surface area contributed by atoms with E-state index >= 15 is 0 Å². The molecule has 5 nitrogen and oxygen atoms in total. The number of aromatic nitrogens is 1. The number of fused-ring (bicyclic) bond motifs is 2. The summed E-state index contributed by atoms with van der Waals surface area (Å²) in [5.74, 6) is 1.17. The van der Waals surface area contributed by atoms with Crippen LogP contribution in [0.2, 0.25) is 0 Å². The van der Waals surface area contributed by atoms with E-state index in [-0.39, 0.29) is 5.91 Å². The number of anilines is 1. The fourth-order valence-electron chi connectivity index (χ4n) is 3.70. The third-order valence-corrected chi connectivity index (χ3v) is 5.28. The summed E-state index contributed by atoms with van der Waals surface area (Å²) in [6.45, 7) is 1.56. The molecule has 0 unspecified atom stereocenters. The molecule has 1 amide bonds. The summed E-state index contributed by atoms with van der Waals surface area (Å²) in [7, 11) is 0. The van der Waals surface area contributed by atoms with E-state index in [1.807, 2.05) is 72.8 Å². The first-order chi connectivity index (χ1) is 15.3. The number of hydrogen-bond donors (Lipinski definition) is 0. The molecule has 0 aliphatic carbocycles. The standard InChI is InChI=1S/C26H22N2O3/c29-26(20-12-14-24-25(17-20)31-16-6-15-30-24)28(22-8-2-1-3-9-22)18-21-13-11-19-7-4-5-10-23(19)27-21/h1-5,7-14,17H,6,15-16,18H2. The van der Waals surface area contributed by atoms with Crippen molar-refractivity contribution in [1.29, 1.82) is 0 Å². The van der Waals surface area contributed by atoms with Crippen LogP contribution in [0.15, 0.2) is 84.9 Å². The molecule has 0 saturated heterocycles. The zero-order valence-electron chi connectivity index (χ0n) is 17.0. The minimum atomic E-state index is -0.114. The molecule has 2 heterocycles. The third kappa shape index (κ3) is 4.08. The van der Waals surface area contributed by atoms with Crippen LogP contribution in [0.5, 0.6) is 11.5 Å². The molecule has 0 spiro atoms. The number of ether oxygens (including phenoxy) is 2. The summed E-state index contributed by atoms with van der Waals surface area (Å²) < 4.78 is 11.5. The summed E-state index contributed by atoms with van der Waals surface area (Å²) in [4.78, 5) is 20.1. The van der Waals surface area contributed by atoms with Gasteiger partial charge < -0.3 is 14.4 Å². The predicted octanol–water partition coefficient (Wildman–Crippen LogP) is 5.24. The number of carbonyl (C=O) groups is 1.